The maximum absolute atomic E-state index is 12.0. The molecule has 3 amide bonds. The molecule has 2 N–H and O–H groups in total. The summed E-state index contributed by atoms with van der Waals surface area (Å²) in [5.74, 6) is -1.06. The summed E-state index contributed by atoms with van der Waals surface area (Å²) in [7, 11) is 0. The van der Waals surface area contributed by atoms with Crippen LogP contribution in [0.3, 0.4) is 0 Å². The van der Waals surface area contributed by atoms with Crippen molar-refractivity contribution in [1.82, 2.24) is 5.32 Å². The Kier molecular flexibility index (Phi) is 6.32. The molecule has 156 valence electrons. The number of halogens is 1. The van der Waals surface area contributed by atoms with Gasteiger partial charge in [-0.3, -0.25) is 20.2 Å². The molecule has 0 saturated carbocycles. The fraction of sp³-hybridized carbons (Fsp3) is 0.167. The van der Waals surface area contributed by atoms with Gasteiger partial charge >= 0.3 is 12.0 Å². The quantitative estimate of drug-likeness (QED) is 0.413. The number of nitro groups is 1. The molecule has 0 atom stereocenters. The van der Waals surface area contributed by atoms with Crippen molar-refractivity contribution in [3.8, 4) is 11.5 Å². The monoisotopic (exact) mass is 435 g/mol. The number of fused-ring (bicyclic) bond motifs is 1. The van der Waals surface area contributed by atoms with Crippen molar-refractivity contribution in [1.29, 1.82) is 0 Å². The predicted octanol–water partition coefficient (Wildman–Crippen LogP) is 2.52. The third kappa shape index (κ3) is 5.14. The summed E-state index contributed by atoms with van der Waals surface area (Å²) in [5.41, 5.74) is -0.597. The summed E-state index contributed by atoms with van der Waals surface area (Å²) < 4.78 is 15.5. The number of nitro benzene ring substituents is 1. The zero-order valence-electron chi connectivity index (χ0n) is 15.2. The number of anilines is 1. The number of amides is 3. The van der Waals surface area contributed by atoms with Crippen LogP contribution in [-0.2, 0) is 9.53 Å². The van der Waals surface area contributed by atoms with Gasteiger partial charge in [0.15, 0.2) is 18.1 Å². The van der Waals surface area contributed by atoms with Crippen LogP contribution < -0.4 is 20.1 Å². The van der Waals surface area contributed by atoms with E-state index in [0.717, 1.165) is 12.1 Å². The van der Waals surface area contributed by atoms with Gasteiger partial charge in [-0.1, -0.05) is 11.6 Å². The maximum Gasteiger partial charge on any atom is 0.345 e. The fourth-order valence-electron chi connectivity index (χ4n) is 2.48. The van der Waals surface area contributed by atoms with Crippen LogP contribution in [0.4, 0.5) is 16.2 Å². The molecule has 0 fully saturated rings. The Morgan fingerprint density at radius 1 is 1.10 bits per heavy atom. The largest absolute Gasteiger partial charge is 0.486 e. The molecular weight excluding hydrogens is 422 g/mol. The summed E-state index contributed by atoms with van der Waals surface area (Å²) >= 11 is 5.68. The van der Waals surface area contributed by atoms with Gasteiger partial charge in [0.2, 0.25) is 0 Å². The highest BCUT2D eigenvalue weighted by atomic mass is 35.5. The molecule has 0 bridgehead atoms. The second kappa shape index (κ2) is 9.09. The molecule has 0 spiro atoms. The van der Waals surface area contributed by atoms with Crippen LogP contribution in [0.15, 0.2) is 36.4 Å². The van der Waals surface area contributed by atoms with Gasteiger partial charge in [-0.15, -0.1) is 0 Å². The molecule has 2 aromatic rings. The van der Waals surface area contributed by atoms with Crippen LogP contribution in [-0.4, -0.2) is 42.7 Å². The second-order valence-corrected chi connectivity index (χ2v) is 6.29. The van der Waals surface area contributed by atoms with Gasteiger partial charge in [-0.25, -0.2) is 9.59 Å². The summed E-state index contributed by atoms with van der Waals surface area (Å²) in [6, 6.07) is 7.17. The molecule has 0 unspecified atom stereocenters. The number of carbonyl (C=O) groups excluding carboxylic acids is 3. The summed E-state index contributed by atoms with van der Waals surface area (Å²) in [6.45, 7) is -0.0296. The molecule has 11 nitrogen and oxygen atoms in total. The standard InChI is InChI=1S/C18H14ClN3O8/c19-10-1-3-12(13(7-10)22(26)27)17(24)30-9-16(23)21-18(25)20-11-2-4-14-15(8-11)29-6-5-28-14/h1-4,7-8H,5-6,9H2,(H2,20,21,23,25). The van der Waals surface area contributed by atoms with Gasteiger partial charge in [-0.2, -0.15) is 0 Å². The first kappa shape index (κ1) is 20.9. The minimum atomic E-state index is -1.11. The molecule has 1 aliphatic rings. The van der Waals surface area contributed by atoms with Crippen LogP contribution in [0.1, 0.15) is 10.4 Å². The second-order valence-electron chi connectivity index (χ2n) is 5.86. The van der Waals surface area contributed by atoms with E-state index in [1.54, 1.807) is 12.1 Å². The van der Waals surface area contributed by atoms with Crippen LogP contribution in [0, 0.1) is 10.1 Å². The Bertz CT molecular complexity index is 1030. The van der Waals surface area contributed by atoms with Crippen molar-refractivity contribution < 1.29 is 33.5 Å². The van der Waals surface area contributed by atoms with Crippen molar-refractivity contribution >= 4 is 40.9 Å². The lowest BCUT2D eigenvalue weighted by molar-refractivity contribution is -0.385. The van der Waals surface area contributed by atoms with E-state index in [2.05, 4.69) is 5.32 Å². The third-order valence-electron chi connectivity index (χ3n) is 3.76. The van der Waals surface area contributed by atoms with E-state index in [-0.39, 0.29) is 10.6 Å². The number of hydrogen-bond acceptors (Lipinski definition) is 8. The topological polar surface area (TPSA) is 146 Å². The van der Waals surface area contributed by atoms with Crippen molar-refractivity contribution in [3.05, 3.63) is 57.1 Å². The van der Waals surface area contributed by atoms with E-state index in [9.17, 15) is 24.5 Å². The molecule has 30 heavy (non-hydrogen) atoms. The van der Waals surface area contributed by atoms with Crippen LogP contribution in [0.25, 0.3) is 0 Å². The number of imide groups is 1. The minimum Gasteiger partial charge on any atom is -0.486 e. The molecule has 0 aromatic heterocycles. The first-order chi connectivity index (χ1) is 14.3. The first-order valence-corrected chi connectivity index (χ1v) is 8.83. The highest BCUT2D eigenvalue weighted by Crippen LogP contribution is 2.32. The average Bonchev–Trinajstić information content (AvgIpc) is 2.71. The molecule has 0 radical (unpaired) electrons. The van der Waals surface area contributed by atoms with Crippen LogP contribution in [0.5, 0.6) is 11.5 Å². The number of carbonyl (C=O) groups is 3. The Labute approximate surface area is 174 Å². The molecule has 0 saturated heterocycles. The zero-order valence-corrected chi connectivity index (χ0v) is 15.9. The van der Waals surface area contributed by atoms with Gasteiger partial charge in [-0.05, 0) is 24.3 Å². The number of esters is 1. The van der Waals surface area contributed by atoms with Crippen molar-refractivity contribution in [2.75, 3.05) is 25.1 Å². The number of benzene rings is 2. The number of nitrogens with zero attached hydrogens (tertiary/aromatic N) is 1. The number of ether oxygens (including phenoxy) is 3. The zero-order chi connectivity index (χ0) is 21.7. The van der Waals surface area contributed by atoms with Crippen molar-refractivity contribution in [2.45, 2.75) is 0 Å². The van der Waals surface area contributed by atoms with E-state index in [0.29, 0.717) is 30.4 Å². The number of urea groups is 1. The Balaban J connectivity index is 1.53. The van der Waals surface area contributed by atoms with E-state index < -0.39 is 35.1 Å². The van der Waals surface area contributed by atoms with E-state index in [1.807, 2.05) is 5.32 Å². The lowest BCUT2D eigenvalue weighted by Crippen LogP contribution is -2.37. The highest BCUT2D eigenvalue weighted by Gasteiger charge is 2.23. The van der Waals surface area contributed by atoms with Gasteiger partial charge in [0, 0.05) is 22.8 Å². The van der Waals surface area contributed by atoms with Crippen molar-refractivity contribution in [2.24, 2.45) is 0 Å². The minimum absolute atomic E-state index is 0.0619. The van der Waals surface area contributed by atoms with E-state index in [4.69, 9.17) is 25.8 Å². The van der Waals surface area contributed by atoms with Crippen molar-refractivity contribution in [3.63, 3.8) is 0 Å². The molecule has 12 heteroatoms. The van der Waals surface area contributed by atoms with Gasteiger partial charge in [0.05, 0.1) is 4.92 Å². The Morgan fingerprint density at radius 3 is 2.57 bits per heavy atom. The normalized spacial score (nSPS) is 11.9. The third-order valence-corrected chi connectivity index (χ3v) is 4.00. The lowest BCUT2D eigenvalue weighted by atomic mass is 10.2. The Hall–Kier alpha value is -3.86. The van der Waals surface area contributed by atoms with Crippen LogP contribution in [0.2, 0.25) is 5.02 Å². The predicted molar refractivity (Wildman–Crippen MR) is 103 cm³/mol. The molecule has 1 heterocycles. The Morgan fingerprint density at radius 2 is 1.83 bits per heavy atom. The number of hydrogen-bond donors (Lipinski definition) is 2. The molecule has 3 rings (SSSR count). The summed E-state index contributed by atoms with van der Waals surface area (Å²) in [4.78, 5) is 46.0. The van der Waals surface area contributed by atoms with Crippen LogP contribution >= 0.6 is 11.6 Å². The van der Waals surface area contributed by atoms with E-state index >= 15 is 0 Å². The molecule has 1 aliphatic heterocycles. The molecule has 2 aromatic carbocycles. The van der Waals surface area contributed by atoms with Gasteiger partial charge in [0.25, 0.3) is 11.6 Å². The van der Waals surface area contributed by atoms with Gasteiger partial charge < -0.3 is 19.5 Å². The van der Waals surface area contributed by atoms with Gasteiger partial charge in [0.1, 0.15) is 18.8 Å². The van der Waals surface area contributed by atoms with E-state index in [1.165, 1.54) is 12.1 Å². The lowest BCUT2D eigenvalue weighted by Gasteiger charge is -2.19. The fourth-order valence-corrected chi connectivity index (χ4v) is 2.65. The average molecular weight is 436 g/mol. The summed E-state index contributed by atoms with van der Waals surface area (Å²) in [6.07, 6.45) is 0. The number of rotatable bonds is 5. The molecule has 0 aliphatic carbocycles. The summed E-state index contributed by atoms with van der Waals surface area (Å²) in [5, 5.41) is 15.5. The highest BCUT2D eigenvalue weighted by molar-refractivity contribution is 6.31. The first-order valence-electron chi connectivity index (χ1n) is 8.45. The smallest absolute Gasteiger partial charge is 0.345 e. The molecular formula is C18H14ClN3O8. The number of nitrogens with one attached hydrogen (secondary N) is 2. The maximum atomic E-state index is 12.0. The SMILES string of the molecule is O=C(COC(=O)c1ccc(Cl)cc1[N+](=O)[O-])NC(=O)Nc1ccc2c(c1)OCCO2.